The van der Waals surface area contributed by atoms with E-state index in [1.807, 2.05) is 38.0 Å². The molecule has 0 aliphatic carbocycles. The van der Waals surface area contributed by atoms with E-state index >= 15 is 0 Å². The molecule has 0 aromatic heterocycles. The van der Waals surface area contributed by atoms with Crippen molar-refractivity contribution in [3.63, 3.8) is 0 Å². The van der Waals surface area contributed by atoms with Gasteiger partial charge in [0.05, 0.1) is 9.79 Å². The van der Waals surface area contributed by atoms with E-state index in [0.717, 1.165) is 13.1 Å². The molecule has 0 aliphatic rings. The Morgan fingerprint density at radius 3 is 1.30 bits per heavy atom. The molecule has 0 unspecified atom stereocenters. The molecular formula is C20H28N2O4S. The van der Waals surface area contributed by atoms with Gasteiger partial charge < -0.3 is 19.3 Å². The highest BCUT2D eigenvalue weighted by molar-refractivity contribution is 7.91. The van der Waals surface area contributed by atoms with Crippen LogP contribution in [0.5, 0.6) is 11.5 Å². The van der Waals surface area contributed by atoms with Crippen LogP contribution in [0.1, 0.15) is 0 Å². The van der Waals surface area contributed by atoms with Gasteiger partial charge in [0.2, 0.25) is 9.84 Å². The minimum atomic E-state index is -3.57. The van der Waals surface area contributed by atoms with Gasteiger partial charge in [0.1, 0.15) is 24.7 Å². The number of ether oxygens (including phenoxy) is 2. The summed E-state index contributed by atoms with van der Waals surface area (Å²) >= 11 is 0. The van der Waals surface area contributed by atoms with Crippen LogP contribution in [0.4, 0.5) is 0 Å². The van der Waals surface area contributed by atoms with E-state index in [1.54, 1.807) is 48.5 Å². The summed E-state index contributed by atoms with van der Waals surface area (Å²) in [4.78, 5) is 4.52. The molecule has 2 aromatic carbocycles. The highest BCUT2D eigenvalue weighted by atomic mass is 32.2. The number of likely N-dealkylation sites (N-methyl/N-ethyl adjacent to an activating group) is 2. The van der Waals surface area contributed by atoms with Gasteiger partial charge >= 0.3 is 0 Å². The summed E-state index contributed by atoms with van der Waals surface area (Å²) in [6, 6.07) is 13.0. The summed E-state index contributed by atoms with van der Waals surface area (Å²) in [5, 5.41) is 0. The monoisotopic (exact) mass is 392 g/mol. The van der Waals surface area contributed by atoms with E-state index in [0.29, 0.717) is 24.7 Å². The summed E-state index contributed by atoms with van der Waals surface area (Å²) in [5.74, 6) is 1.31. The first kappa shape index (κ1) is 21.2. The predicted molar refractivity (Wildman–Crippen MR) is 106 cm³/mol. The fourth-order valence-corrected chi connectivity index (χ4v) is 3.52. The average molecular weight is 393 g/mol. The van der Waals surface area contributed by atoms with Crippen LogP contribution >= 0.6 is 0 Å². The van der Waals surface area contributed by atoms with Crippen LogP contribution in [0.2, 0.25) is 0 Å². The standard InChI is InChI=1S/C20H28N2O4S/c1-21(2)13-15-25-17-5-9-19(10-6-17)27(23,24)20-11-7-18(8-12-20)26-16-14-22(3)4/h5-12H,13-16H2,1-4H3. The van der Waals surface area contributed by atoms with Gasteiger partial charge in [-0.25, -0.2) is 8.42 Å². The lowest BCUT2D eigenvalue weighted by molar-refractivity contribution is 0.261. The van der Waals surface area contributed by atoms with Crippen LogP contribution in [0, 0.1) is 0 Å². The summed E-state index contributed by atoms with van der Waals surface area (Å²) in [6.07, 6.45) is 0. The van der Waals surface area contributed by atoms with Crippen LogP contribution in [0.25, 0.3) is 0 Å². The highest BCUT2D eigenvalue weighted by Crippen LogP contribution is 2.25. The first-order valence-electron chi connectivity index (χ1n) is 8.79. The average Bonchev–Trinajstić information content (AvgIpc) is 2.62. The van der Waals surface area contributed by atoms with Gasteiger partial charge in [-0.15, -0.1) is 0 Å². The van der Waals surface area contributed by atoms with E-state index in [2.05, 4.69) is 0 Å². The van der Waals surface area contributed by atoms with Crippen molar-refractivity contribution >= 4 is 9.84 Å². The summed E-state index contributed by atoms with van der Waals surface area (Å²) in [7, 11) is 4.31. The lowest BCUT2D eigenvalue weighted by Gasteiger charge is -2.12. The van der Waals surface area contributed by atoms with Crippen molar-refractivity contribution < 1.29 is 17.9 Å². The molecular weight excluding hydrogens is 364 g/mol. The molecule has 0 saturated heterocycles. The fourth-order valence-electron chi connectivity index (χ4n) is 2.26. The third-order valence-electron chi connectivity index (χ3n) is 3.88. The molecule has 0 aliphatic heterocycles. The molecule has 0 spiro atoms. The maximum Gasteiger partial charge on any atom is 0.206 e. The Balaban J connectivity index is 2.02. The Morgan fingerprint density at radius 2 is 1.00 bits per heavy atom. The SMILES string of the molecule is CN(C)CCOc1ccc(S(=O)(=O)c2ccc(OCCN(C)C)cc2)cc1. The smallest absolute Gasteiger partial charge is 0.206 e. The fraction of sp³-hybridized carbons (Fsp3) is 0.400. The maximum absolute atomic E-state index is 12.8. The normalized spacial score (nSPS) is 11.8. The summed E-state index contributed by atoms with van der Waals surface area (Å²) in [6.45, 7) is 2.69. The lowest BCUT2D eigenvalue weighted by Crippen LogP contribution is -2.19. The van der Waals surface area contributed by atoms with Crippen molar-refractivity contribution in [2.45, 2.75) is 9.79 Å². The molecule has 0 N–H and O–H groups in total. The van der Waals surface area contributed by atoms with Crippen LogP contribution in [-0.4, -0.2) is 72.7 Å². The minimum absolute atomic E-state index is 0.240. The molecule has 27 heavy (non-hydrogen) atoms. The van der Waals surface area contributed by atoms with E-state index in [4.69, 9.17) is 9.47 Å². The van der Waals surface area contributed by atoms with Gasteiger partial charge in [-0.3, -0.25) is 0 Å². The Bertz CT molecular complexity index is 737. The Hall–Kier alpha value is -2.09. The summed E-state index contributed by atoms with van der Waals surface area (Å²) in [5.41, 5.74) is 0. The van der Waals surface area contributed by atoms with E-state index in [-0.39, 0.29) is 9.79 Å². The molecule has 2 rings (SSSR count). The quantitative estimate of drug-likeness (QED) is 0.619. The van der Waals surface area contributed by atoms with Crippen LogP contribution in [0.3, 0.4) is 0 Å². The molecule has 6 nitrogen and oxygen atoms in total. The third kappa shape index (κ3) is 6.53. The molecule has 2 aromatic rings. The molecule has 0 atom stereocenters. The number of rotatable bonds is 10. The highest BCUT2D eigenvalue weighted by Gasteiger charge is 2.17. The van der Waals surface area contributed by atoms with Gasteiger partial charge in [-0.05, 0) is 76.7 Å². The van der Waals surface area contributed by atoms with E-state index in [9.17, 15) is 8.42 Å². The Kier molecular flexibility index (Phi) is 7.65. The minimum Gasteiger partial charge on any atom is -0.492 e. The third-order valence-corrected chi connectivity index (χ3v) is 5.67. The molecule has 0 radical (unpaired) electrons. The van der Waals surface area contributed by atoms with Crippen molar-refractivity contribution in [3.8, 4) is 11.5 Å². The second-order valence-corrected chi connectivity index (χ2v) is 8.70. The molecule has 0 saturated carbocycles. The van der Waals surface area contributed by atoms with Gasteiger partial charge in [0, 0.05) is 13.1 Å². The molecule has 0 fully saturated rings. The first-order chi connectivity index (χ1) is 12.8. The second-order valence-electron chi connectivity index (χ2n) is 6.75. The molecule has 0 bridgehead atoms. The number of hydrogen-bond donors (Lipinski definition) is 0. The van der Waals surface area contributed by atoms with Crippen LogP contribution < -0.4 is 9.47 Å². The Morgan fingerprint density at radius 1 is 0.667 bits per heavy atom. The Labute approximate surface area is 162 Å². The van der Waals surface area contributed by atoms with Crippen molar-refractivity contribution in [1.82, 2.24) is 9.80 Å². The molecule has 0 amide bonds. The number of benzene rings is 2. The number of nitrogens with zero attached hydrogens (tertiary/aromatic N) is 2. The zero-order valence-electron chi connectivity index (χ0n) is 16.4. The second kappa shape index (κ2) is 9.73. The van der Waals surface area contributed by atoms with Gasteiger partial charge in [0.25, 0.3) is 0 Å². The summed E-state index contributed by atoms with van der Waals surface area (Å²) < 4.78 is 36.7. The van der Waals surface area contributed by atoms with Crippen LogP contribution in [0.15, 0.2) is 58.3 Å². The van der Waals surface area contributed by atoms with E-state index < -0.39 is 9.84 Å². The molecule has 148 valence electrons. The van der Waals surface area contributed by atoms with Crippen molar-refractivity contribution in [1.29, 1.82) is 0 Å². The first-order valence-corrected chi connectivity index (χ1v) is 10.3. The van der Waals surface area contributed by atoms with Crippen molar-refractivity contribution in [2.24, 2.45) is 0 Å². The predicted octanol–water partition coefficient (Wildman–Crippen LogP) is 2.40. The lowest BCUT2D eigenvalue weighted by atomic mass is 10.3. The largest absolute Gasteiger partial charge is 0.492 e. The van der Waals surface area contributed by atoms with E-state index in [1.165, 1.54) is 0 Å². The topological polar surface area (TPSA) is 59.1 Å². The van der Waals surface area contributed by atoms with Gasteiger partial charge in [-0.1, -0.05) is 0 Å². The molecule has 0 heterocycles. The van der Waals surface area contributed by atoms with Crippen molar-refractivity contribution in [3.05, 3.63) is 48.5 Å². The molecule has 7 heteroatoms. The van der Waals surface area contributed by atoms with Crippen LogP contribution in [-0.2, 0) is 9.84 Å². The number of sulfone groups is 1. The van der Waals surface area contributed by atoms with Gasteiger partial charge in [0.15, 0.2) is 0 Å². The van der Waals surface area contributed by atoms with Crippen molar-refractivity contribution in [2.75, 3.05) is 54.5 Å². The zero-order chi connectivity index (χ0) is 19.9. The number of hydrogen-bond acceptors (Lipinski definition) is 6. The zero-order valence-corrected chi connectivity index (χ0v) is 17.2. The van der Waals surface area contributed by atoms with Gasteiger partial charge in [-0.2, -0.15) is 0 Å². The maximum atomic E-state index is 12.8.